The number of sulfonamides is 1. The van der Waals surface area contributed by atoms with Crippen LogP contribution in [0.25, 0.3) is 21.8 Å². The second-order valence-corrected chi connectivity index (χ2v) is 20.9. The van der Waals surface area contributed by atoms with E-state index in [2.05, 4.69) is 48.3 Å². The highest BCUT2D eigenvalue weighted by atomic mass is 32.2. The van der Waals surface area contributed by atoms with E-state index in [4.69, 9.17) is 15.0 Å². The molecule has 0 unspecified atom stereocenters. The summed E-state index contributed by atoms with van der Waals surface area (Å²) in [7, 11) is -3.71. The van der Waals surface area contributed by atoms with E-state index in [1.54, 1.807) is 37.5 Å². The number of pyridine rings is 1. The van der Waals surface area contributed by atoms with Gasteiger partial charge in [0.2, 0.25) is 27.8 Å². The van der Waals surface area contributed by atoms with Gasteiger partial charge in [0.15, 0.2) is 5.82 Å². The maximum absolute atomic E-state index is 16.1. The fourth-order valence-corrected chi connectivity index (χ4v) is 11.0. The van der Waals surface area contributed by atoms with Gasteiger partial charge in [0, 0.05) is 48.6 Å². The number of hydrogen-bond donors (Lipinski definition) is 3. The van der Waals surface area contributed by atoms with Gasteiger partial charge in [-0.1, -0.05) is 52.0 Å². The second kappa shape index (κ2) is 18.8. The van der Waals surface area contributed by atoms with Gasteiger partial charge >= 0.3 is 0 Å². The van der Waals surface area contributed by atoms with Crippen molar-refractivity contribution in [3.05, 3.63) is 95.0 Å². The first kappa shape index (κ1) is 44.3. The van der Waals surface area contributed by atoms with E-state index in [1.807, 2.05) is 39.0 Å². The predicted molar refractivity (Wildman–Crippen MR) is 247 cm³/mol. The molecule has 2 atom stereocenters. The van der Waals surface area contributed by atoms with Gasteiger partial charge in [-0.25, -0.2) is 32.7 Å². The predicted octanol–water partition coefficient (Wildman–Crippen LogP) is 8.61. The third-order valence-corrected chi connectivity index (χ3v) is 15.2. The number of carbonyl (C=O) groups excluding carboxylic acids is 2. The Kier molecular flexibility index (Phi) is 13.2. The van der Waals surface area contributed by atoms with Crippen molar-refractivity contribution in [1.82, 2.24) is 30.2 Å². The van der Waals surface area contributed by atoms with Gasteiger partial charge in [-0.05, 0) is 118 Å². The average Bonchev–Trinajstić information content (AvgIpc) is 3.93. The highest BCUT2D eigenvalue weighted by Crippen LogP contribution is 2.42. The van der Waals surface area contributed by atoms with Gasteiger partial charge in [0.05, 0.1) is 38.6 Å². The number of hydrogen-bond acceptors (Lipinski definition) is 12. The third kappa shape index (κ3) is 10.6. The number of imide groups is 1. The van der Waals surface area contributed by atoms with Crippen molar-refractivity contribution in [3.8, 4) is 21.8 Å². The molecule has 6 heterocycles. The van der Waals surface area contributed by atoms with Crippen LogP contribution in [-0.4, -0.2) is 83.5 Å². The summed E-state index contributed by atoms with van der Waals surface area (Å²) in [4.78, 5) is 48.5. The van der Waals surface area contributed by atoms with E-state index in [0.717, 1.165) is 80.5 Å². The molecule has 3 saturated heterocycles. The van der Waals surface area contributed by atoms with Gasteiger partial charge in [-0.3, -0.25) is 19.6 Å². The van der Waals surface area contributed by atoms with Gasteiger partial charge in [-0.15, -0.1) is 11.3 Å². The first-order chi connectivity index (χ1) is 30.2. The molecule has 0 bridgehead atoms. The fraction of sp³-hybridized carbons (Fsp3) is 0.447. The summed E-state index contributed by atoms with van der Waals surface area (Å²) in [6.45, 7) is 13.0. The van der Waals surface area contributed by atoms with Crippen LogP contribution >= 0.6 is 11.3 Å². The molecule has 0 aliphatic carbocycles. The number of halogens is 1. The lowest BCUT2D eigenvalue weighted by atomic mass is 9.89. The molecular weight excluding hydrogens is 838 g/mol. The van der Waals surface area contributed by atoms with Crippen molar-refractivity contribution in [3.63, 3.8) is 0 Å². The maximum atomic E-state index is 16.1. The second-order valence-electron chi connectivity index (χ2n) is 18.0. The molecule has 13 nitrogen and oxygen atoms in total. The van der Waals surface area contributed by atoms with Crippen molar-refractivity contribution in [2.24, 2.45) is 5.92 Å². The summed E-state index contributed by atoms with van der Waals surface area (Å²) in [5.41, 5.74) is 3.76. The molecule has 332 valence electrons. The number of nitrogens with zero attached hydrogens (tertiary/aromatic N) is 6. The van der Waals surface area contributed by atoms with Crippen molar-refractivity contribution < 1.29 is 22.4 Å². The topological polar surface area (TPSA) is 162 Å². The van der Waals surface area contributed by atoms with Crippen LogP contribution in [0.2, 0.25) is 0 Å². The molecular formula is C47H56FN9O4S2. The molecule has 0 radical (unpaired) electrons. The first-order valence-electron chi connectivity index (χ1n) is 22.0. The quantitative estimate of drug-likeness (QED) is 0.0916. The normalized spacial score (nSPS) is 19.0. The molecule has 3 aliphatic heterocycles. The van der Waals surface area contributed by atoms with Gasteiger partial charge in [0.1, 0.15) is 5.82 Å². The molecule has 3 aliphatic rings. The summed E-state index contributed by atoms with van der Waals surface area (Å²) in [5.74, 6) is 0.851. The first-order valence-corrected chi connectivity index (χ1v) is 24.5. The molecule has 5 aromatic rings. The number of rotatable bonds is 14. The molecule has 3 N–H and O–H groups in total. The standard InChI is InChI=1S/C47H56FN9O4S2/c1-5-26-63(60,61)55-37-11-7-10-36(41(37)48)42-43(62-45(54-42)47(2,3)4)38-16-21-49-46(52-38)51-34-9-6-8-32(27-34)31-19-23-56(24-20-31)22-17-30-18-25-57(29-30)39-14-12-33(28-50-39)35-13-15-40(58)53-44(35)59/h6-12,14,16,21,27-28,30-31,35,55H,5,13,15,17-20,22-26,29H2,1-4H3,(H,49,51,52)(H,53,58,59)/t30-,35-/m0/s1. The van der Waals surface area contributed by atoms with Gasteiger partial charge < -0.3 is 15.1 Å². The van der Waals surface area contributed by atoms with E-state index in [-0.39, 0.29) is 40.2 Å². The van der Waals surface area contributed by atoms with Crippen LogP contribution in [-0.2, 0) is 25.0 Å². The van der Waals surface area contributed by atoms with E-state index < -0.39 is 15.8 Å². The molecule has 16 heteroatoms. The van der Waals surface area contributed by atoms with Crippen LogP contribution < -0.4 is 20.3 Å². The summed E-state index contributed by atoms with van der Waals surface area (Å²) < 4.78 is 43.6. The Morgan fingerprint density at radius 1 is 0.937 bits per heavy atom. The van der Waals surface area contributed by atoms with Crippen molar-refractivity contribution in [2.45, 2.75) is 89.9 Å². The van der Waals surface area contributed by atoms with Crippen LogP contribution in [0.3, 0.4) is 0 Å². The number of carbonyl (C=O) groups is 2. The molecule has 3 aromatic heterocycles. The van der Waals surface area contributed by atoms with E-state index in [1.165, 1.54) is 23.0 Å². The fourth-order valence-electron chi connectivity index (χ4n) is 8.76. The largest absolute Gasteiger partial charge is 0.356 e. The smallest absolute Gasteiger partial charge is 0.234 e. The zero-order chi connectivity index (χ0) is 44.3. The van der Waals surface area contributed by atoms with E-state index in [9.17, 15) is 18.0 Å². The Bertz CT molecular complexity index is 2550. The monoisotopic (exact) mass is 893 g/mol. The maximum Gasteiger partial charge on any atom is 0.234 e. The molecule has 0 spiro atoms. The molecule has 2 amide bonds. The summed E-state index contributed by atoms with van der Waals surface area (Å²) in [6.07, 6.45) is 9.22. The van der Waals surface area contributed by atoms with Crippen LogP contribution in [0.1, 0.15) is 101 Å². The lowest BCUT2D eigenvalue weighted by molar-refractivity contribution is -0.134. The molecule has 2 aromatic carbocycles. The van der Waals surface area contributed by atoms with E-state index in [0.29, 0.717) is 53.3 Å². The van der Waals surface area contributed by atoms with Gasteiger partial charge in [-0.2, -0.15) is 0 Å². The number of amides is 2. The lowest BCUT2D eigenvalue weighted by Gasteiger charge is -2.33. The summed E-state index contributed by atoms with van der Waals surface area (Å²) in [5, 5.41) is 6.65. The Morgan fingerprint density at radius 2 is 1.75 bits per heavy atom. The van der Waals surface area contributed by atoms with Crippen molar-refractivity contribution >= 4 is 56.3 Å². The molecule has 63 heavy (non-hydrogen) atoms. The number of benzene rings is 2. The van der Waals surface area contributed by atoms with Crippen LogP contribution in [0.15, 0.2) is 73.1 Å². The van der Waals surface area contributed by atoms with Crippen molar-refractivity contribution in [2.75, 3.05) is 53.4 Å². The molecule has 0 saturated carbocycles. The summed E-state index contributed by atoms with van der Waals surface area (Å²) >= 11 is 1.44. The Morgan fingerprint density at radius 3 is 2.49 bits per heavy atom. The van der Waals surface area contributed by atoms with Gasteiger partial charge in [0.25, 0.3) is 0 Å². The van der Waals surface area contributed by atoms with Crippen LogP contribution in [0, 0.1) is 11.7 Å². The SMILES string of the molecule is CCCS(=O)(=O)Nc1cccc(-c2nc(C(C)(C)C)sc2-c2ccnc(Nc3cccc(C4CCN(CC[C@H]5CCN(c6ccc([C@@H]7CCC(=O)NC7=O)cn6)C5)CC4)c3)n2)c1F. The minimum absolute atomic E-state index is 0.109. The lowest BCUT2D eigenvalue weighted by Crippen LogP contribution is -2.39. The number of thiazole rings is 1. The minimum atomic E-state index is -3.71. The van der Waals surface area contributed by atoms with Crippen LogP contribution in [0.5, 0.6) is 0 Å². The number of piperidine rings is 2. The summed E-state index contributed by atoms with van der Waals surface area (Å²) in [6, 6.07) is 18.9. The third-order valence-electron chi connectivity index (χ3n) is 12.2. The number of nitrogens with one attached hydrogen (secondary N) is 3. The zero-order valence-corrected chi connectivity index (χ0v) is 38.0. The van der Waals surface area contributed by atoms with Crippen molar-refractivity contribution in [1.29, 1.82) is 0 Å². The number of likely N-dealkylation sites (tertiary alicyclic amines) is 1. The zero-order valence-electron chi connectivity index (χ0n) is 36.4. The van der Waals surface area contributed by atoms with E-state index >= 15 is 4.39 Å². The number of anilines is 4. The highest BCUT2D eigenvalue weighted by Gasteiger charge is 2.31. The molecule has 3 fully saturated rings. The Labute approximate surface area is 373 Å². The average molecular weight is 894 g/mol. The number of aromatic nitrogens is 4. The molecule has 8 rings (SSSR count). The highest BCUT2D eigenvalue weighted by molar-refractivity contribution is 7.92. The Hall–Kier alpha value is -5.32. The van der Waals surface area contributed by atoms with Crippen LogP contribution in [0.4, 0.5) is 27.5 Å². The Balaban J connectivity index is 0.872. The minimum Gasteiger partial charge on any atom is -0.356 e.